The molecule has 0 amide bonds. The largest absolute Gasteiger partial charge is 0.487 e. The second-order valence-electron chi connectivity index (χ2n) is 4.37. The lowest BCUT2D eigenvalue weighted by Gasteiger charge is -2.13. The Morgan fingerprint density at radius 2 is 2.05 bits per heavy atom. The molecule has 0 fully saturated rings. The van der Waals surface area contributed by atoms with Gasteiger partial charge in [0.25, 0.3) is 0 Å². The lowest BCUT2D eigenvalue weighted by molar-refractivity contribution is -0.384. The van der Waals surface area contributed by atoms with Gasteiger partial charge in [0.2, 0.25) is 10.0 Å². The Balaban J connectivity index is 2.89. The van der Waals surface area contributed by atoms with Crippen LogP contribution in [0.3, 0.4) is 0 Å². The maximum atomic E-state index is 11.6. The highest BCUT2D eigenvalue weighted by molar-refractivity contribution is 7.89. The molecular weight excluding hydrogens is 298 g/mol. The van der Waals surface area contributed by atoms with Crippen molar-refractivity contribution in [3.05, 3.63) is 28.3 Å². The molecule has 0 heterocycles. The summed E-state index contributed by atoms with van der Waals surface area (Å²) in [5.41, 5.74) is 0.0431. The van der Waals surface area contributed by atoms with Crippen molar-refractivity contribution < 1.29 is 18.1 Å². The van der Waals surface area contributed by atoms with Gasteiger partial charge in [-0.05, 0) is 19.1 Å². The quantitative estimate of drug-likeness (QED) is 0.573. The first-order valence-corrected chi connectivity index (χ1v) is 7.94. The number of anilines is 1. The van der Waals surface area contributed by atoms with Crippen LogP contribution in [0.5, 0.6) is 5.75 Å². The number of nitrogens with one attached hydrogen (secondary N) is 1. The third-order valence-electron chi connectivity index (χ3n) is 2.71. The van der Waals surface area contributed by atoms with Crippen LogP contribution in [-0.4, -0.2) is 50.6 Å². The van der Waals surface area contributed by atoms with Crippen LogP contribution in [0, 0.1) is 10.1 Å². The molecule has 8 nitrogen and oxygen atoms in total. The van der Waals surface area contributed by atoms with E-state index in [0.29, 0.717) is 6.61 Å². The molecule has 9 heteroatoms. The number of para-hydroxylation sites is 1. The summed E-state index contributed by atoms with van der Waals surface area (Å²) >= 11 is 0. The average molecular weight is 317 g/mol. The van der Waals surface area contributed by atoms with Gasteiger partial charge in [0, 0.05) is 20.6 Å². The maximum Gasteiger partial charge on any atom is 0.333 e. The van der Waals surface area contributed by atoms with Gasteiger partial charge in [-0.1, -0.05) is 6.07 Å². The zero-order valence-electron chi connectivity index (χ0n) is 12.2. The predicted molar refractivity (Wildman–Crippen MR) is 80.2 cm³/mol. The number of nitro groups is 1. The smallest absolute Gasteiger partial charge is 0.333 e. The van der Waals surface area contributed by atoms with Crippen LogP contribution in [0.4, 0.5) is 11.4 Å². The number of rotatable bonds is 8. The van der Waals surface area contributed by atoms with Crippen LogP contribution in [0.2, 0.25) is 0 Å². The zero-order chi connectivity index (χ0) is 16.0. The van der Waals surface area contributed by atoms with Gasteiger partial charge in [0.05, 0.1) is 17.3 Å². The normalized spacial score (nSPS) is 11.4. The molecule has 0 bridgehead atoms. The van der Waals surface area contributed by atoms with Crippen LogP contribution < -0.4 is 10.1 Å². The van der Waals surface area contributed by atoms with Gasteiger partial charge in [0.1, 0.15) is 5.69 Å². The van der Waals surface area contributed by atoms with E-state index < -0.39 is 14.9 Å². The molecule has 21 heavy (non-hydrogen) atoms. The number of nitro benzene ring substituents is 1. The van der Waals surface area contributed by atoms with Gasteiger partial charge in [-0.2, -0.15) is 0 Å². The van der Waals surface area contributed by atoms with E-state index in [2.05, 4.69) is 5.32 Å². The van der Waals surface area contributed by atoms with Gasteiger partial charge in [-0.15, -0.1) is 0 Å². The molecule has 0 aliphatic carbocycles. The van der Waals surface area contributed by atoms with Crippen LogP contribution in [0.25, 0.3) is 0 Å². The second kappa shape index (κ2) is 7.23. The lowest BCUT2D eigenvalue weighted by Crippen LogP contribution is -2.28. The van der Waals surface area contributed by atoms with Gasteiger partial charge in [-0.3, -0.25) is 10.1 Å². The Bertz CT molecular complexity index is 601. The summed E-state index contributed by atoms with van der Waals surface area (Å²) in [5.74, 6) is -0.00120. The molecule has 0 spiro atoms. The first-order valence-electron chi connectivity index (χ1n) is 6.34. The molecule has 0 aromatic heterocycles. The highest BCUT2D eigenvalue weighted by Crippen LogP contribution is 2.34. The summed E-state index contributed by atoms with van der Waals surface area (Å²) < 4.78 is 29.6. The van der Waals surface area contributed by atoms with E-state index in [1.54, 1.807) is 13.0 Å². The van der Waals surface area contributed by atoms with E-state index in [9.17, 15) is 18.5 Å². The molecule has 118 valence electrons. The van der Waals surface area contributed by atoms with Gasteiger partial charge in [0.15, 0.2) is 5.75 Å². The lowest BCUT2D eigenvalue weighted by atomic mass is 10.2. The third kappa shape index (κ3) is 4.57. The predicted octanol–water partition coefficient (Wildman–Crippen LogP) is 1.30. The molecule has 0 saturated heterocycles. The maximum absolute atomic E-state index is 11.6. The fourth-order valence-electron chi connectivity index (χ4n) is 1.62. The summed E-state index contributed by atoms with van der Waals surface area (Å²) in [7, 11) is -0.476. The first-order chi connectivity index (χ1) is 9.79. The molecule has 0 saturated carbocycles. The van der Waals surface area contributed by atoms with E-state index in [0.717, 1.165) is 4.31 Å². The van der Waals surface area contributed by atoms with Gasteiger partial charge >= 0.3 is 5.69 Å². The zero-order valence-corrected chi connectivity index (χ0v) is 13.0. The Labute approximate surface area is 123 Å². The summed E-state index contributed by atoms with van der Waals surface area (Å²) in [6, 6.07) is 4.63. The standard InChI is InChI=1S/C12H19N3O5S/c1-4-20-11-7-5-6-10(12(11)15(16)17)13-8-9-21(18,19)14(2)3/h5-7,13H,4,8-9H2,1-3H3. The van der Waals surface area contributed by atoms with E-state index in [4.69, 9.17) is 4.74 Å². The average Bonchev–Trinajstić information content (AvgIpc) is 2.38. The molecule has 1 N–H and O–H groups in total. The fourth-order valence-corrected chi connectivity index (χ4v) is 2.35. The number of hydrogen-bond acceptors (Lipinski definition) is 6. The van der Waals surface area contributed by atoms with Crippen molar-refractivity contribution >= 4 is 21.4 Å². The Morgan fingerprint density at radius 1 is 1.38 bits per heavy atom. The minimum Gasteiger partial charge on any atom is -0.487 e. The minimum atomic E-state index is -3.35. The minimum absolute atomic E-state index is 0.0664. The molecule has 0 atom stereocenters. The summed E-state index contributed by atoms with van der Waals surface area (Å²) in [6.45, 7) is 2.10. The summed E-state index contributed by atoms with van der Waals surface area (Å²) in [4.78, 5) is 10.6. The van der Waals surface area contributed by atoms with Gasteiger partial charge < -0.3 is 10.1 Å². The Hall–Kier alpha value is -1.87. The van der Waals surface area contributed by atoms with Crippen LogP contribution in [-0.2, 0) is 10.0 Å². The second-order valence-corrected chi connectivity index (χ2v) is 6.67. The molecule has 0 unspecified atom stereocenters. The number of benzene rings is 1. The molecule has 0 aliphatic heterocycles. The third-order valence-corrected chi connectivity index (χ3v) is 4.55. The van der Waals surface area contributed by atoms with Crippen molar-refractivity contribution in [3.63, 3.8) is 0 Å². The Morgan fingerprint density at radius 3 is 2.57 bits per heavy atom. The van der Waals surface area contributed by atoms with Crippen LogP contribution in [0.15, 0.2) is 18.2 Å². The topological polar surface area (TPSA) is 102 Å². The molecule has 1 rings (SSSR count). The molecule has 1 aromatic rings. The van der Waals surface area contributed by atoms with Crippen molar-refractivity contribution in [2.24, 2.45) is 0 Å². The molecule has 1 aromatic carbocycles. The van der Waals surface area contributed by atoms with Crippen molar-refractivity contribution in [1.82, 2.24) is 4.31 Å². The summed E-state index contributed by atoms with van der Waals surface area (Å²) in [6.07, 6.45) is 0. The first kappa shape index (κ1) is 17.2. The SMILES string of the molecule is CCOc1cccc(NCCS(=O)(=O)N(C)C)c1[N+](=O)[O-]. The van der Waals surface area contributed by atoms with Crippen molar-refractivity contribution in [3.8, 4) is 5.75 Å². The van der Waals surface area contributed by atoms with E-state index >= 15 is 0 Å². The van der Waals surface area contributed by atoms with E-state index in [1.807, 2.05) is 0 Å². The number of hydrogen-bond donors (Lipinski definition) is 1. The highest BCUT2D eigenvalue weighted by Gasteiger charge is 2.21. The fraction of sp³-hybridized carbons (Fsp3) is 0.500. The van der Waals surface area contributed by atoms with Crippen molar-refractivity contribution in [1.29, 1.82) is 0 Å². The molecular formula is C12H19N3O5S. The summed E-state index contributed by atoms with van der Waals surface area (Å²) in [5, 5.41) is 13.9. The number of sulfonamides is 1. The van der Waals surface area contributed by atoms with E-state index in [1.165, 1.54) is 26.2 Å². The highest BCUT2D eigenvalue weighted by atomic mass is 32.2. The van der Waals surface area contributed by atoms with Crippen molar-refractivity contribution in [2.45, 2.75) is 6.92 Å². The number of nitrogens with zero attached hydrogens (tertiary/aromatic N) is 2. The van der Waals surface area contributed by atoms with Crippen LogP contribution in [0.1, 0.15) is 6.92 Å². The Kier molecular flexibility index (Phi) is 5.91. The molecule has 0 aliphatic rings. The van der Waals surface area contributed by atoms with Crippen molar-refractivity contribution in [2.75, 3.05) is 38.3 Å². The monoisotopic (exact) mass is 317 g/mol. The molecule has 0 radical (unpaired) electrons. The van der Waals surface area contributed by atoms with Crippen LogP contribution >= 0.6 is 0 Å². The van der Waals surface area contributed by atoms with E-state index in [-0.39, 0.29) is 29.4 Å². The van der Waals surface area contributed by atoms with Gasteiger partial charge in [-0.25, -0.2) is 12.7 Å². The number of ether oxygens (including phenoxy) is 1.